The minimum absolute atomic E-state index is 0.000500. The number of benzene rings is 1. The van der Waals surface area contributed by atoms with Crippen LogP contribution in [0, 0.1) is 0 Å². The Morgan fingerprint density at radius 1 is 1.41 bits per heavy atom. The lowest BCUT2D eigenvalue weighted by atomic mass is 10.1. The number of aliphatic imine (C=N–C) groups is 1. The van der Waals surface area contributed by atoms with Crippen molar-refractivity contribution in [2.24, 2.45) is 16.5 Å². The quantitative estimate of drug-likeness (QED) is 0.440. The molecule has 1 amide bonds. The fraction of sp³-hybridized carbons (Fsp3) is 0.333. The number of aromatic nitrogens is 1. The van der Waals surface area contributed by atoms with Crippen molar-refractivity contribution in [2.45, 2.75) is 12.8 Å². The zero-order valence-electron chi connectivity index (χ0n) is 12.6. The van der Waals surface area contributed by atoms with E-state index in [2.05, 4.69) is 15.3 Å². The van der Waals surface area contributed by atoms with E-state index in [1.54, 1.807) is 7.11 Å². The molecule has 6 N–H and O–H groups in total. The molecule has 0 aliphatic heterocycles. The first-order chi connectivity index (χ1) is 10.6. The smallest absolute Gasteiger partial charge is 0.221 e. The third-order valence-corrected chi connectivity index (χ3v) is 3.32. The average Bonchev–Trinajstić information content (AvgIpc) is 2.89. The van der Waals surface area contributed by atoms with Crippen molar-refractivity contribution in [1.29, 1.82) is 0 Å². The Morgan fingerprint density at radius 2 is 2.23 bits per heavy atom. The molecule has 2 aromatic rings. The van der Waals surface area contributed by atoms with E-state index >= 15 is 0 Å². The number of nitrogens with two attached hydrogens (primary N) is 2. The van der Waals surface area contributed by atoms with Gasteiger partial charge < -0.3 is 26.5 Å². The SMILES string of the molecule is COc1ccc2[nH]cc(CCNC(=O)CCN=C(N)N)c2c1. The summed E-state index contributed by atoms with van der Waals surface area (Å²) in [5, 5.41) is 3.96. The zero-order chi connectivity index (χ0) is 15.9. The van der Waals surface area contributed by atoms with E-state index in [0.29, 0.717) is 13.1 Å². The normalized spacial score (nSPS) is 10.4. The number of amides is 1. The highest BCUT2D eigenvalue weighted by atomic mass is 16.5. The minimum atomic E-state index is -0.0672. The van der Waals surface area contributed by atoms with Gasteiger partial charge in [0.25, 0.3) is 0 Å². The topological polar surface area (TPSA) is 119 Å². The van der Waals surface area contributed by atoms with Crippen molar-refractivity contribution >= 4 is 22.8 Å². The fourth-order valence-corrected chi connectivity index (χ4v) is 2.20. The molecule has 1 heterocycles. The standard InChI is InChI=1S/C15H21N5O2/c1-22-11-2-3-13-12(8-11)10(9-20-13)4-6-18-14(21)5-7-19-15(16)17/h2-3,8-9,20H,4-7H2,1H3,(H,18,21)(H4,16,17,19). The van der Waals surface area contributed by atoms with Gasteiger partial charge in [0.05, 0.1) is 13.7 Å². The van der Waals surface area contributed by atoms with Gasteiger partial charge in [-0.25, -0.2) is 0 Å². The van der Waals surface area contributed by atoms with E-state index in [4.69, 9.17) is 16.2 Å². The highest BCUT2D eigenvalue weighted by Crippen LogP contribution is 2.23. The van der Waals surface area contributed by atoms with Gasteiger partial charge in [0.1, 0.15) is 5.75 Å². The van der Waals surface area contributed by atoms with Crippen molar-refractivity contribution in [3.05, 3.63) is 30.0 Å². The molecule has 0 aliphatic rings. The maximum absolute atomic E-state index is 11.6. The Labute approximate surface area is 128 Å². The van der Waals surface area contributed by atoms with Crippen LogP contribution < -0.4 is 21.5 Å². The molecule has 0 fully saturated rings. The predicted octanol–water partition coefficient (Wildman–Crippen LogP) is 0.499. The van der Waals surface area contributed by atoms with Gasteiger partial charge in [-0.3, -0.25) is 9.79 Å². The van der Waals surface area contributed by atoms with Crippen LogP contribution in [0.2, 0.25) is 0 Å². The molecule has 0 spiro atoms. The van der Waals surface area contributed by atoms with E-state index in [0.717, 1.165) is 28.6 Å². The van der Waals surface area contributed by atoms with E-state index in [1.165, 1.54) is 0 Å². The Morgan fingerprint density at radius 3 is 2.95 bits per heavy atom. The largest absolute Gasteiger partial charge is 0.497 e. The molecule has 22 heavy (non-hydrogen) atoms. The first kappa shape index (κ1) is 15.7. The van der Waals surface area contributed by atoms with Gasteiger partial charge in [-0.2, -0.15) is 0 Å². The number of fused-ring (bicyclic) bond motifs is 1. The molecule has 0 unspecified atom stereocenters. The molecule has 0 bridgehead atoms. The highest BCUT2D eigenvalue weighted by molar-refractivity contribution is 5.84. The summed E-state index contributed by atoms with van der Waals surface area (Å²) in [5.74, 6) is 0.748. The third-order valence-electron chi connectivity index (χ3n) is 3.32. The highest BCUT2D eigenvalue weighted by Gasteiger charge is 2.06. The first-order valence-corrected chi connectivity index (χ1v) is 7.06. The number of hydrogen-bond donors (Lipinski definition) is 4. The molecule has 1 aromatic heterocycles. The lowest BCUT2D eigenvalue weighted by Gasteiger charge is -2.04. The van der Waals surface area contributed by atoms with Crippen molar-refractivity contribution in [3.8, 4) is 5.75 Å². The Bertz CT molecular complexity index is 674. The summed E-state index contributed by atoms with van der Waals surface area (Å²) >= 11 is 0. The number of carbonyl (C=O) groups is 1. The molecule has 2 rings (SSSR count). The van der Waals surface area contributed by atoms with Crippen molar-refractivity contribution in [3.63, 3.8) is 0 Å². The lowest BCUT2D eigenvalue weighted by molar-refractivity contribution is -0.120. The molecule has 118 valence electrons. The number of nitrogens with zero attached hydrogens (tertiary/aromatic N) is 1. The van der Waals surface area contributed by atoms with Gasteiger partial charge in [0.2, 0.25) is 5.91 Å². The van der Waals surface area contributed by atoms with Crippen LogP contribution in [0.25, 0.3) is 10.9 Å². The van der Waals surface area contributed by atoms with Crippen LogP contribution in [0.4, 0.5) is 0 Å². The fourth-order valence-electron chi connectivity index (χ4n) is 2.20. The summed E-state index contributed by atoms with van der Waals surface area (Å²) in [4.78, 5) is 18.6. The number of hydrogen-bond acceptors (Lipinski definition) is 3. The summed E-state index contributed by atoms with van der Waals surface area (Å²) < 4.78 is 5.24. The Balaban J connectivity index is 1.87. The summed E-state index contributed by atoms with van der Waals surface area (Å²) in [7, 11) is 1.64. The predicted molar refractivity (Wildman–Crippen MR) is 86.9 cm³/mol. The second kappa shape index (κ2) is 7.35. The molecular weight excluding hydrogens is 282 g/mol. The lowest BCUT2D eigenvalue weighted by Crippen LogP contribution is -2.27. The number of guanidine groups is 1. The van der Waals surface area contributed by atoms with Crippen LogP contribution in [0.1, 0.15) is 12.0 Å². The molecule has 0 saturated carbocycles. The molecule has 7 heteroatoms. The molecule has 0 atom stereocenters. The third kappa shape index (κ3) is 4.15. The number of nitrogens with one attached hydrogen (secondary N) is 2. The van der Waals surface area contributed by atoms with E-state index in [1.807, 2.05) is 24.4 Å². The summed E-state index contributed by atoms with van der Waals surface area (Å²) in [6, 6.07) is 5.88. The molecule has 0 aliphatic carbocycles. The van der Waals surface area contributed by atoms with Crippen molar-refractivity contribution < 1.29 is 9.53 Å². The van der Waals surface area contributed by atoms with Gasteiger partial charge >= 0.3 is 0 Å². The van der Waals surface area contributed by atoms with Crippen LogP contribution >= 0.6 is 0 Å². The molecular formula is C15H21N5O2. The van der Waals surface area contributed by atoms with E-state index < -0.39 is 0 Å². The number of aromatic amines is 1. The minimum Gasteiger partial charge on any atom is -0.497 e. The van der Waals surface area contributed by atoms with E-state index in [9.17, 15) is 4.79 Å². The second-order valence-corrected chi connectivity index (χ2v) is 4.88. The number of carbonyl (C=O) groups excluding carboxylic acids is 1. The van der Waals surface area contributed by atoms with Gasteiger partial charge in [0, 0.05) is 30.1 Å². The average molecular weight is 303 g/mol. The molecule has 0 radical (unpaired) electrons. The van der Waals surface area contributed by atoms with Gasteiger partial charge in [0.15, 0.2) is 5.96 Å². The van der Waals surface area contributed by atoms with Crippen molar-refractivity contribution in [1.82, 2.24) is 10.3 Å². The van der Waals surface area contributed by atoms with Crippen LogP contribution in [0.15, 0.2) is 29.4 Å². The molecule has 0 saturated heterocycles. The maximum Gasteiger partial charge on any atom is 0.221 e. The monoisotopic (exact) mass is 303 g/mol. The summed E-state index contributed by atoms with van der Waals surface area (Å²) in [5.41, 5.74) is 12.6. The second-order valence-electron chi connectivity index (χ2n) is 4.88. The maximum atomic E-state index is 11.6. The first-order valence-electron chi connectivity index (χ1n) is 7.06. The molecule has 1 aromatic carbocycles. The van der Waals surface area contributed by atoms with Gasteiger partial charge in [-0.15, -0.1) is 0 Å². The molecule has 7 nitrogen and oxygen atoms in total. The Hall–Kier alpha value is -2.70. The van der Waals surface area contributed by atoms with Gasteiger partial charge in [-0.1, -0.05) is 0 Å². The van der Waals surface area contributed by atoms with Crippen LogP contribution in [0.3, 0.4) is 0 Å². The number of ether oxygens (including phenoxy) is 1. The Kier molecular flexibility index (Phi) is 5.24. The zero-order valence-corrected chi connectivity index (χ0v) is 12.6. The van der Waals surface area contributed by atoms with Crippen LogP contribution in [-0.2, 0) is 11.2 Å². The van der Waals surface area contributed by atoms with Crippen LogP contribution in [0.5, 0.6) is 5.75 Å². The number of rotatable bonds is 7. The summed E-state index contributed by atoms with van der Waals surface area (Å²) in [6.07, 6.45) is 2.97. The van der Waals surface area contributed by atoms with Crippen LogP contribution in [-0.4, -0.2) is 37.1 Å². The van der Waals surface area contributed by atoms with Gasteiger partial charge in [-0.05, 0) is 30.2 Å². The summed E-state index contributed by atoms with van der Waals surface area (Å²) in [6.45, 7) is 0.864. The van der Waals surface area contributed by atoms with E-state index in [-0.39, 0.29) is 18.3 Å². The number of methoxy groups -OCH3 is 1. The van der Waals surface area contributed by atoms with Crippen molar-refractivity contribution in [2.75, 3.05) is 20.2 Å². The number of H-pyrrole nitrogens is 1.